The molecule has 2 aromatic carbocycles. The second-order valence-corrected chi connectivity index (χ2v) is 6.18. The Balaban J connectivity index is 1.50. The predicted octanol–water partition coefficient (Wildman–Crippen LogP) is 3.40. The molecule has 0 radical (unpaired) electrons. The molecule has 4 nitrogen and oxygen atoms in total. The second kappa shape index (κ2) is 7.97. The van der Waals surface area contributed by atoms with Gasteiger partial charge in [-0.2, -0.15) is 0 Å². The van der Waals surface area contributed by atoms with Crippen molar-refractivity contribution in [2.75, 3.05) is 36.5 Å². The van der Waals surface area contributed by atoms with Gasteiger partial charge < -0.3 is 15.0 Å². The van der Waals surface area contributed by atoms with E-state index >= 15 is 0 Å². The normalized spacial score (nSPS) is 14.5. The van der Waals surface area contributed by atoms with Gasteiger partial charge in [-0.1, -0.05) is 24.3 Å². The zero-order chi connectivity index (χ0) is 16.8. The van der Waals surface area contributed by atoms with Gasteiger partial charge in [0.15, 0.2) is 0 Å². The Kier molecular flexibility index (Phi) is 5.49. The fourth-order valence-electron chi connectivity index (χ4n) is 2.90. The third kappa shape index (κ3) is 4.59. The van der Waals surface area contributed by atoms with E-state index in [4.69, 9.17) is 4.74 Å². The van der Waals surface area contributed by atoms with Crippen molar-refractivity contribution in [2.24, 2.45) is 0 Å². The van der Waals surface area contributed by atoms with Gasteiger partial charge in [-0.15, -0.1) is 0 Å². The first-order chi connectivity index (χ1) is 11.7. The number of benzene rings is 2. The van der Waals surface area contributed by atoms with Crippen molar-refractivity contribution in [3.05, 3.63) is 59.7 Å². The van der Waals surface area contributed by atoms with Crippen molar-refractivity contribution in [1.29, 1.82) is 0 Å². The summed E-state index contributed by atoms with van der Waals surface area (Å²) in [6, 6.07) is 16.4. The van der Waals surface area contributed by atoms with Crippen LogP contribution in [0.2, 0.25) is 0 Å². The summed E-state index contributed by atoms with van der Waals surface area (Å²) in [5.41, 5.74) is 4.42. The van der Waals surface area contributed by atoms with E-state index in [0.717, 1.165) is 44.0 Å². The van der Waals surface area contributed by atoms with Gasteiger partial charge in [0.2, 0.25) is 5.91 Å². The molecule has 1 heterocycles. The van der Waals surface area contributed by atoms with Gasteiger partial charge in [-0.25, -0.2) is 0 Å². The predicted molar refractivity (Wildman–Crippen MR) is 97.6 cm³/mol. The van der Waals surface area contributed by atoms with Crippen LogP contribution < -0.4 is 10.2 Å². The molecule has 1 aliphatic heterocycles. The fourth-order valence-corrected chi connectivity index (χ4v) is 2.90. The van der Waals surface area contributed by atoms with E-state index in [0.29, 0.717) is 6.42 Å². The van der Waals surface area contributed by atoms with E-state index in [1.54, 1.807) is 0 Å². The van der Waals surface area contributed by atoms with Crippen molar-refractivity contribution < 1.29 is 9.53 Å². The third-order valence-corrected chi connectivity index (χ3v) is 4.26. The highest BCUT2D eigenvalue weighted by molar-refractivity contribution is 5.90. The molecule has 1 saturated heterocycles. The maximum absolute atomic E-state index is 12.1. The number of nitrogens with zero attached hydrogens (tertiary/aromatic N) is 1. The van der Waals surface area contributed by atoms with Crippen LogP contribution in [0.3, 0.4) is 0 Å². The summed E-state index contributed by atoms with van der Waals surface area (Å²) in [5.74, 6) is 0.0536. The lowest BCUT2D eigenvalue weighted by Gasteiger charge is -2.28. The van der Waals surface area contributed by atoms with E-state index in [1.807, 2.05) is 31.2 Å². The summed E-state index contributed by atoms with van der Waals surface area (Å²) in [4.78, 5) is 14.4. The number of ether oxygens (including phenoxy) is 1. The monoisotopic (exact) mass is 324 g/mol. The van der Waals surface area contributed by atoms with Gasteiger partial charge in [0.1, 0.15) is 0 Å². The minimum Gasteiger partial charge on any atom is -0.378 e. The van der Waals surface area contributed by atoms with Crippen molar-refractivity contribution in [3.8, 4) is 0 Å². The first-order valence-corrected chi connectivity index (χ1v) is 8.49. The highest BCUT2D eigenvalue weighted by Crippen LogP contribution is 2.17. The molecule has 24 heavy (non-hydrogen) atoms. The fraction of sp³-hybridized carbons (Fsp3) is 0.350. The molecule has 0 atom stereocenters. The number of aryl methyl sites for hydroxylation is 2. The van der Waals surface area contributed by atoms with Gasteiger partial charge in [0.25, 0.3) is 0 Å². The maximum atomic E-state index is 12.1. The van der Waals surface area contributed by atoms with E-state index < -0.39 is 0 Å². The van der Waals surface area contributed by atoms with Crippen molar-refractivity contribution >= 4 is 17.3 Å². The Bertz CT molecular complexity index is 676. The number of nitrogens with one attached hydrogen (secondary N) is 1. The van der Waals surface area contributed by atoms with Crippen LogP contribution >= 0.6 is 0 Å². The Morgan fingerprint density at radius 2 is 1.88 bits per heavy atom. The molecule has 1 amide bonds. The highest BCUT2D eigenvalue weighted by Gasteiger charge is 2.11. The number of carbonyl (C=O) groups is 1. The lowest BCUT2D eigenvalue weighted by molar-refractivity contribution is -0.116. The van der Waals surface area contributed by atoms with E-state index in [-0.39, 0.29) is 5.91 Å². The number of amides is 1. The lowest BCUT2D eigenvalue weighted by atomic mass is 10.1. The number of morpholine rings is 1. The highest BCUT2D eigenvalue weighted by atomic mass is 16.5. The summed E-state index contributed by atoms with van der Waals surface area (Å²) in [5, 5.41) is 2.96. The molecule has 0 saturated carbocycles. The zero-order valence-corrected chi connectivity index (χ0v) is 14.1. The van der Waals surface area contributed by atoms with Gasteiger partial charge in [-0.05, 0) is 48.7 Å². The zero-order valence-electron chi connectivity index (χ0n) is 14.1. The molecule has 0 aromatic heterocycles. The van der Waals surface area contributed by atoms with Crippen LogP contribution in [0, 0.1) is 6.92 Å². The average molecular weight is 324 g/mol. The summed E-state index contributed by atoms with van der Waals surface area (Å²) in [7, 11) is 0. The lowest BCUT2D eigenvalue weighted by Crippen LogP contribution is -2.36. The van der Waals surface area contributed by atoms with Crippen LogP contribution in [0.25, 0.3) is 0 Å². The molecule has 0 aliphatic carbocycles. The molecule has 3 rings (SSSR count). The SMILES string of the molecule is Cc1cccc(NC(=O)CCc2ccc(N3CCOCC3)cc2)c1. The second-order valence-electron chi connectivity index (χ2n) is 6.18. The number of hydrogen-bond acceptors (Lipinski definition) is 3. The first-order valence-electron chi connectivity index (χ1n) is 8.49. The van der Waals surface area contributed by atoms with Crippen LogP contribution in [-0.2, 0) is 16.0 Å². The Morgan fingerprint density at radius 3 is 2.58 bits per heavy atom. The van der Waals surface area contributed by atoms with E-state index in [2.05, 4.69) is 34.5 Å². The van der Waals surface area contributed by atoms with E-state index in [9.17, 15) is 4.79 Å². The number of carbonyl (C=O) groups excluding carboxylic acids is 1. The largest absolute Gasteiger partial charge is 0.378 e. The van der Waals surface area contributed by atoms with Crippen LogP contribution in [0.4, 0.5) is 11.4 Å². The molecule has 1 fully saturated rings. The Morgan fingerprint density at radius 1 is 1.12 bits per heavy atom. The third-order valence-electron chi connectivity index (χ3n) is 4.26. The molecule has 0 bridgehead atoms. The first kappa shape index (κ1) is 16.5. The molecule has 0 spiro atoms. The molecule has 4 heteroatoms. The smallest absolute Gasteiger partial charge is 0.224 e. The standard InChI is InChI=1S/C20H24N2O2/c1-16-3-2-4-18(15-16)21-20(23)10-7-17-5-8-19(9-6-17)22-11-13-24-14-12-22/h2-6,8-9,15H,7,10-14H2,1H3,(H,21,23). The van der Waals surface area contributed by atoms with Crippen molar-refractivity contribution in [3.63, 3.8) is 0 Å². The molecule has 1 N–H and O–H groups in total. The van der Waals surface area contributed by atoms with Gasteiger partial charge in [-0.3, -0.25) is 4.79 Å². The van der Waals surface area contributed by atoms with Gasteiger partial charge in [0, 0.05) is 30.9 Å². The number of anilines is 2. The van der Waals surface area contributed by atoms with Crippen LogP contribution in [-0.4, -0.2) is 32.2 Å². The maximum Gasteiger partial charge on any atom is 0.224 e. The topological polar surface area (TPSA) is 41.6 Å². The average Bonchev–Trinajstić information content (AvgIpc) is 2.61. The van der Waals surface area contributed by atoms with Crippen LogP contribution in [0.5, 0.6) is 0 Å². The molecular formula is C20H24N2O2. The summed E-state index contributed by atoms with van der Waals surface area (Å²) in [6.07, 6.45) is 1.24. The summed E-state index contributed by atoms with van der Waals surface area (Å²) >= 11 is 0. The Hall–Kier alpha value is -2.33. The Labute approximate surface area is 143 Å². The van der Waals surface area contributed by atoms with Gasteiger partial charge >= 0.3 is 0 Å². The quantitative estimate of drug-likeness (QED) is 0.916. The molecule has 126 valence electrons. The molecule has 2 aromatic rings. The van der Waals surface area contributed by atoms with Crippen LogP contribution in [0.15, 0.2) is 48.5 Å². The minimum absolute atomic E-state index is 0.0536. The summed E-state index contributed by atoms with van der Waals surface area (Å²) < 4.78 is 5.38. The number of hydrogen-bond donors (Lipinski definition) is 1. The van der Waals surface area contributed by atoms with Crippen molar-refractivity contribution in [2.45, 2.75) is 19.8 Å². The summed E-state index contributed by atoms with van der Waals surface area (Å²) in [6.45, 7) is 5.49. The van der Waals surface area contributed by atoms with Crippen LogP contribution in [0.1, 0.15) is 17.5 Å². The van der Waals surface area contributed by atoms with Gasteiger partial charge in [0.05, 0.1) is 13.2 Å². The van der Waals surface area contributed by atoms with E-state index in [1.165, 1.54) is 11.3 Å². The van der Waals surface area contributed by atoms with Crippen molar-refractivity contribution in [1.82, 2.24) is 0 Å². The molecular weight excluding hydrogens is 300 g/mol. The molecule has 0 unspecified atom stereocenters. The number of rotatable bonds is 5. The minimum atomic E-state index is 0.0536. The molecule has 1 aliphatic rings.